The van der Waals surface area contributed by atoms with Crippen LogP contribution in [-0.2, 0) is 14.4 Å². The van der Waals surface area contributed by atoms with Crippen LogP contribution >= 0.6 is 11.8 Å². The highest BCUT2D eigenvalue weighted by atomic mass is 32.2. The van der Waals surface area contributed by atoms with Crippen LogP contribution < -0.4 is 5.32 Å². The third-order valence-electron chi connectivity index (χ3n) is 7.43. The average Bonchev–Trinajstić information content (AvgIpc) is 3.30. The van der Waals surface area contributed by atoms with Crippen molar-refractivity contribution in [2.45, 2.75) is 56.2 Å². The lowest BCUT2D eigenvalue weighted by Gasteiger charge is -2.46. The van der Waals surface area contributed by atoms with Gasteiger partial charge >= 0.3 is 5.97 Å². The molecule has 4 aliphatic rings. The number of nitrogens with one attached hydrogen (secondary N) is 1. The molecule has 4 rings (SSSR count). The highest BCUT2D eigenvalue weighted by Gasteiger charge is 2.60. The van der Waals surface area contributed by atoms with Gasteiger partial charge in [0, 0.05) is 54.8 Å². The normalized spacial score (nSPS) is 34.3. The number of β-lactam (4-membered cyclic amide) rings is 1. The van der Waals surface area contributed by atoms with E-state index in [2.05, 4.69) is 10.2 Å². The third-order valence-corrected chi connectivity index (χ3v) is 8.94. The van der Waals surface area contributed by atoms with Gasteiger partial charge in [-0.25, -0.2) is 4.79 Å². The lowest BCUT2D eigenvalue weighted by Crippen LogP contribution is -2.63. The van der Waals surface area contributed by atoms with Gasteiger partial charge in [-0.2, -0.15) is 0 Å². The summed E-state index contributed by atoms with van der Waals surface area (Å²) in [5.41, 5.74) is 0.0219. The van der Waals surface area contributed by atoms with Crippen LogP contribution in [0.3, 0.4) is 0 Å². The maximum absolute atomic E-state index is 12.6. The van der Waals surface area contributed by atoms with Crippen molar-refractivity contribution in [1.29, 1.82) is 0 Å². The lowest BCUT2D eigenvalue weighted by atomic mass is 9.79. The summed E-state index contributed by atoms with van der Waals surface area (Å²) < 4.78 is 0. The summed E-state index contributed by atoms with van der Waals surface area (Å²) >= 11 is 1.44. The molecule has 0 aromatic heterocycles. The smallest absolute Gasteiger partial charge is 0.353 e. The molecule has 3 fully saturated rings. The SMILES string of the molecule is C[C@@H](O)[C@H]1C(=O)N2C(C(=O)O)=C(S[C@@H]3CN[C@H](C(O)CC(=O)N4CCN(C)CC4)C3)[C@H](C)[C@H]12. The van der Waals surface area contributed by atoms with Gasteiger partial charge in [-0.3, -0.25) is 9.59 Å². The van der Waals surface area contributed by atoms with Crippen LogP contribution in [0.5, 0.6) is 0 Å². The number of aliphatic carboxylic acids is 1. The summed E-state index contributed by atoms with van der Waals surface area (Å²) in [4.78, 5) is 43.0. The number of thioether (sulfide) groups is 1. The summed E-state index contributed by atoms with van der Waals surface area (Å²) in [7, 11) is 2.02. The summed E-state index contributed by atoms with van der Waals surface area (Å²) in [6.45, 7) is 7.06. The minimum atomic E-state index is -1.13. The van der Waals surface area contributed by atoms with Crippen molar-refractivity contribution in [2.75, 3.05) is 39.8 Å². The van der Waals surface area contributed by atoms with E-state index < -0.39 is 24.1 Å². The van der Waals surface area contributed by atoms with Gasteiger partial charge in [0.05, 0.1) is 30.6 Å². The van der Waals surface area contributed by atoms with Gasteiger partial charge in [0.25, 0.3) is 0 Å². The molecule has 184 valence electrons. The fourth-order valence-corrected chi connectivity index (χ4v) is 6.97. The zero-order valence-electron chi connectivity index (χ0n) is 19.3. The van der Waals surface area contributed by atoms with Crippen molar-refractivity contribution >= 4 is 29.5 Å². The summed E-state index contributed by atoms with van der Waals surface area (Å²) in [6, 6.07) is -0.573. The van der Waals surface area contributed by atoms with Crippen LogP contribution in [0, 0.1) is 11.8 Å². The van der Waals surface area contributed by atoms with Crippen LogP contribution in [0.2, 0.25) is 0 Å². The molecule has 0 saturated carbocycles. The number of amides is 2. The Kier molecular flexibility index (Phi) is 7.07. The Balaban J connectivity index is 1.36. The molecule has 1 unspecified atom stereocenters. The van der Waals surface area contributed by atoms with Gasteiger partial charge in [-0.1, -0.05) is 6.92 Å². The first-order chi connectivity index (χ1) is 15.6. The Morgan fingerprint density at radius 1 is 1.21 bits per heavy atom. The Morgan fingerprint density at radius 3 is 2.48 bits per heavy atom. The molecule has 4 N–H and O–H groups in total. The molecule has 4 aliphatic heterocycles. The number of aliphatic hydroxyl groups is 2. The van der Waals surface area contributed by atoms with Gasteiger partial charge in [-0.05, 0) is 20.4 Å². The predicted octanol–water partition coefficient (Wildman–Crippen LogP) is -0.871. The molecule has 3 saturated heterocycles. The topological polar surface area (TPSA) is 134 Å². The minimum Gasteiger partial charge on any atom is -0.477 e. The van der Waals surface area contributed by atoms with Crippen LogP contribution in [-0.4, -0.2) is 117 Å². The molecular formula is C22H34N4O6S. The maximum Gasteiger partial charge on any atom is 0.353 e. The van der Waals surface area contributed by atoms with E-state index >= 15 is 0 Å². The molecule has 0 spiro atoms. The van der Waals surface area contributed by atoms with E-state index in [0.717, 1.165) is 13.1 Å². The van der Waals surface area contributed by atoms with Crippen molar-refractivity contribution < 1.29 is 29.7 Å². The van der Waals surface area contributed by atoms with E-state index in [1.54, 1.807) is 11.8 Å². The van der Waals surface area contributed by atoms with Crippen LogP contribution in [0.1, 0.15) is 26.7 Å². The molecule has 0 aromatic carbocycles. The summed E-state index contributed by atoms with van der Waals surface area (Å²) in [6.07, 6.45) is -0.967. The minimum absolute atomic E-state index is 0.0219. The van der Waals surface area contributed by atoms with E-state index in [1.165, 1.54) is 16.7 Å². The van der Waals surface area contributed by atoms with E-state index in [-0.39, 0.29) is 47.2 Å². The summed E-state index contributed by atoms with van der Waals surface area (Å²) in [5, 5.41) is 33.8. The van der Waals surface area contributed by atoms with E-state index in [0.29, 0.717) is 31.0 Å². The number of rotatable bonds is 7. The predicted molar refractivity (Wildman–Crippen MR) is 122 cm³/mol. The van der Waals surface area contributed by atoms with Gasteiger partial charge in [0.2, 0.25) is 11.8 Å². The highest BCUT2D eigenvalue weighted by molar-refractivity contribution is 8.03. The number of hydrogen-bond acceptors (Lipinski definition) is 8. The number of carboxylic acid groups (broad SMARTS) is 1. The van der Waals surface area contributed by atoms with Crippen molar-refractivity contribution in [1.82, 2.24) is 20.0 Å². The van der Waals surface area contributed by atoms with Gasteiger partial charge < -0.3 is 35.3 Å². The second-order valence-corrected chi connectivity index (χ2v) is 11.1. The fourth-order valence-electron chi connectivity index (χ4n) is 5.48. The van der Waals surface area contributed by atoms with E-state index in [4.69, 9.17) is 0 Å². The van der Waals surface area contributed by atoms with Crippen molar-refractivity contribution in [2.24, 2.45) is 11.8 Å². The lowest BCUT2D eigenvalue weighted by molar-refractivity contribution is -0.163. The first kappa shape index (κ1) is 24.5. The molecule has 0 radical (unpaired) electrons. The van der Waals surface area contributed by atoms with E-state index in [9.17, 15) is 29.7 Å². The fraction of sp³-hybridized carbons (Fsp3) is 0.773. The van der Waals surface area contributed by atoms with Gasteiger partial charge in [-0.15, -0.1) is 11.8 Å². The molecule has 7 atom stereocenters. The third kappa shape index (κ3) is 4.53. The Hall–Kier alpha value is -1.66. The Bertz CT molecular complexity index is 843. The average molecular weight is 483 g/mol. The quantitative estimate of drug-likeness (QED) is 0.342. The number of carbonyl (C=O) groups excluding carboxylic acids is 2. The van der Waals surface area contributed by atoms with Crippen molar-refractivity contribution in [3.63, 3.8) is 0 Å². The largest absolute Gasteiger partial charge is 0.477 e. The second kappa shape index (κ2) is 9.53. The molecule has 0 aromatic rings. The molecule has 33 heavy (non-hydrogen) atoms. The Labute approximate surface area is 198 Å². The molecule has 11 heteroatoms. The van der Waals surface area contributed by atoms with Crippen molar-refractivity contribution in [3.05, 3.63) is 10.6 Å². The highest BCUT2D eigenvalue weighted by Crippen LogP contribution is 2.51. The molecule has 0 bridgehead atoms. The van der Waals surface area contributed by atoms with Crippen LogP contribution in [0.15, 0.2) is 10.6 Å². The van der Waals surface area contributed by atoms with Crippen LogP contribution in [0.4, 0.5) is 0 Å². The second-order valence-electron chi connectivity index (χ2n) is 9.72. The van der Waals surface area contributed by atoms with Gasteiger partial charge in [0.15, 0.2) is 0 Å². The van der Waals surface area contributed by atoms with Crippen LogP contribution in [0.25, 0.3) is 0 Å². The Morgan fingerprint density at radius 2 is 1.88 bits per heavy atom. The number of carbonyl (C=O) groups is 3. The number of carboxylic acids is 1. The number of hydrogen-bond donors (Lipinski definition) is 4. The van der Waals surface area contributed by atoms with Crippen molar-refractivity contribution in [3.8, 4) is 0 Å². The molecule has 4 heterocycles. The number of aliphatic hydroxyl groups excluding tert-OH is 2. The zero-order valence-corrected chi connectivity index (χ0v) is 20.1. The first-order valence-corrected chi connectivity index (χ1v) is 12.5. The number of piperazine rings is 1. The first-order valence-electron chi connectivity index (χ1n) is 11.6. The zero-order chi connectivity index (χ0) is 24.0. The van der Waals surface area contributed by atoms with Gasteiger partial charge in [0.1, 0.15) is 5.70 Å². The molecule has 10 nitrogen and oxygen atoms in total. The molecular weight excluding hydrogens is 448 g/mol. The molecule has 2 amide bonds. The number of likely N-dealkylation sites (N-methyl/N-ethyl adjacent to an activating group) is 1. The standard InChI is InChI=1S/C22H34N4O6S/c1-11-18-17(12(2)27)21(30)26(18)19(22(31)32)20(11)33-13-8-14(23-10-13)15(28)9-16(29)25-6-4-24(3)5-7-25/h11-15,17-18,23,27-28H,4-10H2,1-3H3,(H,31,32)/t11-,12-,13+,14+,15?,17-,18-/m1/s1. The number of fused-ring (bicyclic) bond motifs is 1. The summed E-state index contributed by atoms with van der Waals surface area (Å²) in [5.74, 6) is -2.27. The number of nitrogens with zero attached hydrogens (tertiary/aromatic N) is 3. The maximum atomic E-state index is 12.6. The monoisotopic (exact) mass is 482 g/mol. The molecule has 0 aliphatic carbocycles. The van der Waals surface area contributed by atoms with E-state index in [1.807, 2.05) is 14.0 Å².